The first-order valence-electron chi connectivity index (χ1n) is 9.46. The first-order valence-corrected chi connectivity index (χ1v) is 9.46. The fourth-order valence-electron chi connectivity index (χ4n) is 2.66. The number of hydrogen-bond donors (Lipinski definition) is 3. The Balaban J connectivity index is 0.00000392. The van der Waals surface area contributed by atoms with E-state index in [0.717, 1.165) is 45.4 Å². The van der Waals surface area contributed by atoms with Crippen LogP contribution in [0.15, 0.2) is 23.2 Å². The highest BCUT2D eigenvalue weighted by atomic mass is 127. The number of amides is 1. The molecule has 0 spiro atoms. The van der Waals surface area contributed by atoms with Crippen LogP contribution in [0, 0.1) is 12.7 Å². The molecule has 7 nitrogen and oxygen atoms in total. The number of ether oxygens (including phenoxy) is 1. The summed E-state index contributed by atoms with van der Waals surface area (Å²) in [4.78, 5) is 18.9. The standard InChI is InChI=1S/C19H30FN5O2.HI/c1-3-21-19(24-8-9-25-10-12-27-13-11-25)23-7-6-22-18(26)16-5-4-15(2)17(20)14-16;/h4-5,14H,3,6-13H2,1-2H3,(H,22,26)(H2,21,23,24);1H. The molecule has 0 atom stereocenters. The number of hydrogen-bond acceptors (Lipinski definition) is 4. The molecule has 3 N–H and O–H groups in total. The molecule has 1 aromatic rings. The maximum Gasteiger partial charge on any atom is 0.251 e. The molecule has 1 aromatic carbocycles. The topological polar surface area (TPSA) is 78.0 Å². The van der Waals surface area contributed by atoms with Crippen LogP contribution in [0.5, 0.6) is 0 Å². The van der Waals surface area contributed by atoms with E-state index >= 15 is 0 Å². The largest absolute Gasteiger partial charge is 0.379 e. The van der Waals surface area contributed by atoms with E-state index in [2.05, 4.69) is 25.8 Å². The third-order valence-electron chi connectivity index (χ3n) is 4.27. The van der Waals surface area contributed by atoms with Crippen LogP contribution in [0.2, 0.25) is 0 Å². The number of nitrogens with one attached hydrogen (secondary N) is 3. The van der Waals surface area contributed by atoms with Gasteiger partial charge >= 0.3 is 0 Å². The number of halogens is 2. The number of aliphatic imine (C=N–C) groups is 1. The highest BCUT2D eigenvalue weighted by molar-refractivity contribution is 14.0. The summed E-state index contributed by atoms with van der Waals surface area (Å²) in [5.41, 5.74) is 0.848. The fourth-order valence-corrected chi connectivity index (χ4v) is 2.66. The molecule has 1 aliphatic heterocycles. The molecule has 0 aliphatic carbocycles. The maximum absolute atomic E-state index is 13.5. The number of morpholine rings is 1. The molecule has 1 heterocycles. The quantitative estimate of drug-likeness (QED) is 0.215. The molecule has 0 aromatic heterocycles. The van der Waals surface area contributed by atoms with Gasteiger partial charge < -0.3 is 20.7 Å². The van der Waals surface area contributed by atoms with Crippen LogP contribution in [-0.2, 0) is 4.74 Å². The van der Waals surface area contributed by atoms with Crippen molar-refractivity contribution in [2.24, 2.45) is 4.99 Å². The second-order valence-corrected chi connectivity index (χ2v) is 6.36. The van der Waals surface area contributed by atoms with Crippen molar-refractivity contribution in [1.82, 2.24) is 20.9 Å². The first kappa shape index (κ1) is 24.6. The predicted octanol–water partition coefficient (Wildman–Crippen LogP) is 1.37. The van der Waals surface area contributed by atoms with E-state index in [9.17, 15) is 9.18 Å². The Morgan fingerprint density at radius 2 is 1.93 bits per heavy atom. The van der Waals surface area contributed by atoms with Crippen LogP contribution in [-0.4, -0.2) is 75.8 Å². The van der Waals surface area contributed by atoms with Gasteiger partial charge in [-0.15, -0.1) is 24.0 Å². The van der Waals surface area contributed by atoms with Crippen LogP contribution >= 0.6 is 24.0 Å². The van der Waals surface area contributed by atoms with Gasteiger partial charge in [0.15, 0.2) is 5.96 Å². The van der Waals surface area contributed by atoms with Gasteiger partial charge in [0.1, 0.15) is 5.82 Å². The van der Waals surface area contributed by atoms with E-state index in [-0.39, 0.29) is 35.7 Å². The van der Waals surface area contributed by atoms with Crippen LogP contribution in [0.3, 0.4) is 0 Å². The summed E-state index contributed by atoms with van der Waals surface area (Å²) in [5, 5.41) is 9.16. The van der Waals surface area contributed by atoms with Gasteiger partial charge in [-0.05, 0) is 31.5 Å². The summed E-state index contributed by atoms with van der Waals surface area (Å²) in [5.74, 6) is 0.0638. The first-order chi connectivity index (χ1) is 13.1. The number of carbonyl (C=O) groups is 1. The minimum atomic E-state index is -0.373. The molecule has 1 amide bonds. The number of rotatable bonds is 8. The molecule has 2 rings (SSSR count). The summed E-state index contributed by atoms with van der Waals surface area (Å²) >= 11 is 0. The van der Waals surface area contributed by atoms with Gasteiger partial charge in [-0.1, -0.05) is 6.07 Å². The van der Waals surface area contributed by atoms with Crippen molar-refractivity contribution in [1.29, 1.82) is 0 Å². The Labute approximate surface area is 183 Å². The number of aryl methyl sites for hydroxylation is 1. The predicted molar refractivity (Wildman–Crippen MR) is 120 cm³/mol. The molecule has 1 aliphatic rings. The Hall–Kier alpha value is -1.46. The van der Waals surface area contributed by atoms with E-state index in [4.69, 9.17) is 4.74 Å². The normalized spacial score (nSPS) is 14.9. The van der Waals surface area contributed by atoms with Crippen molar-refractivity contribution in [3.63, 3.8) is 0 Å². The van der Waals surface area contributed by atoms with E-state index in [1.54, 1.807) is 19.1 Å². The smallest absolute Gasteiger partial charge is 0.251 e. The lowest BCUT2D eigenvalue weighted by Gasteiger charge is -2.25. The zero-order chi connectivity index (χ0) is 19.5. The van der Waals surface area contributed by atoms with Gasteiger partial charge in [-0.25, -0.2) is 4.39 Å². The van der Waals surface area contributed by atoms with Crippen LogP contribution in [0.25, 0.3) is 0 Å². The average molecular weight is 507 g/mol. The monoisotopic (exact) mass is 507 g/mol. The molecule has 1 saturated heterocycles. The molecule has 0 bridgehead atoms. The van der Waals surface area contributed by atoms with E-state index < -0.39 is 0 Å². The lowest BCUT2D eigenvalue weighted by Crippen LogP contribution is -2.42. The van der Waals surface area contributed by atoms with Gasteiger partial charge in [0.2, 0.25) is 0 Å². The van der Waals surface area contributed by atoms with Crippen molar-refractivity contribution in [2.45, 2.75) is 13.8 Å². The summed E-state index contributed by atoms with van der Waals surface area (Å²) in [6.07, 6.45) is 0. The zero-order valence-corrected chi connectivity index (χ0v) is 18.9. The van der Waals surface area contributed by atoms with Crippen LogP contribution < -0.4 is 16.0 Å². The van der Waals surface area contributed by atoms with Crippen molar-refractivity contribution < 1.29 is 13.9 Å². The van der Waals surface area contributed by atoms with Crippen molar-refractivity contribution in [3.05, 3.63) is 35.1 Å². The molecular formula is C19H31FIN5O2. The van der Waals surface area contributed by atoms with Gasteiger partial charge in [-0.3, -0.25) is 14.7 Å². The Morgan fingerprint density at radius 1 is 1.21 bits per heavy atom. The average Bonchev–Trinajstić information content (AvgIpc) is 2.68. The van der Waals surface area contributed by atoms with Gasteiger partial charge in [-0.2, -0.15) is 0 Å². The highest BCUT2D eigenvalue weighted by Gasteiger charge is 2.10. The van der Waals surface area contributed by atoms with Crippen molar-refractivity contribution in [3.8, 4) is 0 Å². The van der Waals surface area contributed by atoms with Crippen molar-refractivity contribution >= 4 is 35.8 Å². The second-order valence-electron chi connectivity index (χ2n) is 6.36. The molecule has 1 fully saturated rings. The SMILES string of the molecule is CCNC(=NCCN1CCOCC1)NCCNC(=O)c1ccc(C)c(F)c1.I. The minimum Gasteiger partial charge on any atom is -0.379 e. The molecule has 0 unspecified atom stereocenters. The summed E-state index contributed by atoms with van der Waals surface area (Å²) in [6.45, 7) is 10.5. The lowest BCUT2D eigenvalue weighted by atomic mass is 10.1. The van der Waals surface area contributed by atoms with Crippen LogP contribution in [0.1, 0.15) is 22.8 Å². The lowest BCUT2D eigenvalue weighted by molar-refractivity contribution is 0.0394. The molecule has 158 valence electrons. The van der Waals surface area contributed by atoms with Crippen molar-refractivity contribution in [2.75, 3.05) is 59.0 Å². The van der Waals surface area contributed by atoms with E-state index in [0.29, 0.717) is 30.8 Å². The van der Waals surface area contributed by atoms with Gasteiger partial charge in [0, 0.05) is 44.8 Å². The third kappa shape index (κ3) is 8.70. The zero-order valence-electron chi connectivity index (χ0n) is 16.6. The summed E-state index contributed by atoms with van der Waals surface area (Å²) in [6, 6.07) is 4.49. The number of benzene rings is 1. The number of nitrogens with zero attached hydrogens (tertiary/aromatic N) is 2. The van der Waals surface area contributed by atoms with Gasteiger partial charge in [0.05, 0.1) is 19.8 Å². The Kier molecular flexibility index (Phi) is 12.0. The third-order valence-corrected chi connectivity index (χ3v) is 4.27. The highest BCUT2D eigenvalue weighted by Crippen LogP contribution is 2.08. The Morgan fingerprint density at radius 3 is 2.61 bits per heavy atom. The minimum absolute atomic E-state index is 0. The maximum atomic E-state index is 13.5. The summed E-state index contributed by atoms with van der Waals surface area (Å²) in [7, 11) is 0. The number of carbonyl (C=O) groups excluding carboxylic acids is 1. The molecule has 28 heavy (non-hydrogen) atoms. The van der Waals surface area contributed by atoms with Crippen LogP contribution in [0.4, 0.5) is 4.39 Å². The molecule has 9 heteroatoms. The molecule has 0 saturated carbocycles. The number of guanidine groups is 1. The second kappa shape index (κ2) is 13.7. The molecule has 0 radical (unpaired) electrons. The molecular weight excluding hydrogens is 476 g/mol. The summed E-state index contributed by atoms with van der Waals surface area (Å²) < 4.78 is 18.9. The Bertz CT molecular complexity index is 639. The van der Waals surface area contributed by atoms with E-state index in [1.165, 1.54) is 6.07 Å². The van der Waals surface area contributed by atoms with Gasteiger partial charge in [0.25, 0.3) is 5.91 Å². The van der Waals surface area contributed by atoms with E-state index in [1.807, 2.05) is 6.92 Å². The fraction of sp³-hybridized carbons (Fsp3) is 0.579.